The number of ether oxygens (including phenoxy) is 1. The van der Waals surface area contributed by atoms with Gasteiger partial charge in [0.15, 0.2) is 11.6 Å². The van der Waals surface area contributed by atoms with E-state index in [0.717, 1.165) is 31.2 Å². The number of benzene rings is 1. The Morgan fingerprint density at radius 3 is 2.41 bits per heavy atom. The highest BCUT2D eigenvalue weighted by Crippen LogP contribution is 2.27. The van der Waals surface area contributed by atoms with Crippen molar-refractivity contribution in [1.82, 2.24) is 0 Å². The Labute approximate surface area is 104 Å². The van der Waals surface area contributed by atoms with Crippen LogP contribution in [-0.4, -0.2) is 6.61 Å². The topological polar surface area (TPSA) is 9.23 Å². The van der Waals surface area contributed by atoms with Gasteiger partial charge in [-0.15, -0.1) is 0 Å². The monoisotopic (exact) mass is 238 g/mol. The first-order valence-electron chi connectivity index (χ1n) is 6.65. The van der Waals surface area contributed by atoms with Crippen molar-refractivity contribution in [3.8, 4) is 5.75 Å². The molecular formula is C15H23FO. The largest absolute Gasteiger partial charge is 0.491 e. The summed E-state index contributed by atoms with van der Waals surface area (Å²) >= 11 is 0. The maximum Gasteiger partial charge on any atom is 0.165 e. The molecule has 0 atom stereocenters. The molecule has 0 amide bonds. The highest BCUT2D eigenvalue weighted by molar-refractivity contribution is 5.31. The van der Waals surface area contributed by atoms with E-state index in [1.807, 2.05) is 6.07 Å². The minimum Gasteiger partial charge on any atom is -0.491 e. The first kappa shape index (κ1) is 14.0. The van der Waals surface area contributed by atoms with Crippen LogP contribution in [0.15, 0.2) is 18.2 Å². The third-order valence-corrected chi connectivity index (χ3v) is 3.17. The highest BCUT2D eigenvalue weighted by Gasteiger charge is 2.10. The molecule has 1 nitrogen and oxygen atoms in total. The fourth-order valence-corrected chi connectivity index (χ4v) is 1.97. The van der Waals surface area contributed by atoms with Crippen LogP contribution in [0.5, 0.6) is 5.75 Å². The van der Waals surface area contributed by atoms with Gasteiger partial charge in [0.1, 0.15) is 0 Å². The molecule has 0 aliphatic rings. The Hall–Kier alpha value is -1.05. The molecule has 0 bridgehead atoms. The second kappa shape index (κ2) is 7.31. The summed E-state index contributed by atoms with van der Waals surface area (Å²) in [6.07, 6.45) is 4.12. The Bertz CT molecular complexity index is 332. The quantitative estimate of drug-likeness (QED) is 0.613. The van der Waals surface area contributed by atoms with Gasteiger partial charge in [-0.25, -0.2) is 4.39 Å². The van der Waals surface area contributed by atoms with Crippen LogP contribution in [-0.2, 0) is 0 Å². The van der Waals surface area contributed by atoms with Crippen molar-refractivity contribution in [2.45, 2.75) is 52.4 Å². The predicted octanol–water partition coefficient (Wildman–Crippen LogP) is 4.91. The number of hydrogen-bond donors (Lipinski definition) is 0. The minimum atomic E-state index is -0.231. The molecule has 0 aromatic heterocycles. The van der Waals surface area contributed by atoms with Crippen LogP contribution in [0.4, 0.5) is 4.39 Å². The van der Waals surface area contributed by atoms with Gasteiger partial charge in [0.05, 0.1) is 6.61 Å². The average Bonchev–Trinajstić information content (AvgIpc) is 2.33. The van der Waals surface area contributed by atoms with Gasteiger partial charge in [0.2, 0.25) is 0 Å². The molecule has 0 radical (unpaired) electrons. The van der Waals surface area contributed by atoms with Crippen LogP contribution >= 0.6 is 0 Å². The summed E-state index contributed by atoms with van der Waals surface area (Å²) in [5.74, 6) is 0.604. The van der Waals surface area contributed by atoms with Gasteiger partial charge in [-0.1, -0.05) is 33.3 Å². The minimum absolute atomic E-state index is 0.231. The van der Waals surface area contributed by atoms with E-state index in [9.17, 15) is 4.39 Å². The highest BCUT2D eigenvalue weighted by atomic mass is 19.1. The van der Waals surface area contributed by atoms with Crippen molar-refractivity contribution in [3.63, 3.8) is 0 Å². The zero-order chi connectivity index (χ0) is 12.7. The van der Waals surface area contributed by atoms with E-state index in [2.05, 4.69) is 20.8 Å². The summed E-state index contributed by atoms with van der Waals surface area (Å²) in [6, 6.07) is 5.37. The molecule has 2 heteroatoms. The Morgan fingerprint density at radius 2 is 1.88 bits per heavy atom. The lowest BCUT2D eigenvalue weighted by atomic mass is 9.94. The van der Waals surface area contributed by atoms with Crippen molar-refractivity contribution in [2.24, 2.45) is 0 Å². The number of rotatable bonds is 7. The molecule has 0 aliphatic heterocycles. The smallest absolute Gasteiger partial charge is 0.165 e. The lowest BCUT2D eigenvalue weighted by Gasteiger charge is -2.14. The maximum absolute atomic E-state index is 13.8. The summed E-state index contributed by atoms with van der Waals surface area (Å²) in [7, 11) is 0. The second-order valence-corrected chi connectivity index (χ2v) is 4.41. The van der Waals surface area contributed by atoms with Crippen LogP contribution in [0.2, 0.25) is 0 Å². The van der Waals surface area contributed by atoms with Gasteiger partial charge >= 0.3 is 0 Å². The fourth-order valence-electron chi connectivity index (χ4n) is 1.97. The maximum atomic E-state index is 13.8. The molecule has 0 heterocycles. The Kier molecular flexibility index (Phi) is 6.03. The molecule has 0 saturated heterocycles. The zero-order valence-corrected chi connectivity index (χ0v) is 11.1. The van der Waals surface area contributed by atoms with Crippen LogP contribution in [0, 0.1) is 5.82 Å². The predicted molar refractivity (Wildman–Crippen MR) is 70.1 cm³/mol. The second-order valence-electron chi connectivity index (χ2n) is 4.41. The van der Waals surface area contributed by atoms with E-state index in [4.69, 9.17) is 4.74 Å². The molecule has 0 N–H and O–H groups in total. The average molecular weight is 238 g/mol. The molecule has 1 aromatic rings. The van der Waals surface area contributed by atoms with Crippen LogP contribution in [0.3, 0.4) is 0 Å². The van der Waals surface area contributed by atoms with Crippen molar-refractivity contribution < 1.29 is 9.13 Å². The normalized spacial score (nSPS) is 10.9. The summed E-state index contributed by atoms with van der Waals surface area (Å²) in [5, 5.41) is 0. The van der Waals surface area contributed by atoms with Crippen molar-refractivity contribution in [2.75, 3.05) is 6.61 Å². The SMILES string of the molecule is CCCCOc1ccc(C(CC)CC)cc1F. The van der Waals surface area contributed by atoms with Gasteiger partial charge in [0.25, 0.3) is 0 Å². The van der Waals surface area contributed by atoms with Gasteiger partial charge in [0, 0.05) is 0 Å². The zero-order valence-electron chi connectivity index (χ0n) is 11.1. The van der Waals surface area contributed by atoms with Crippen LogP contribution in [0.25, 0.3) is 0 Å². The number of hydrogen-bond acceptors (Lipinski definition) is 1. The number of halogens is 1. The van der Waals surface area contributed by atoms with Crippen molar-refractivity contribution >= 4 is 0 Å². The van der Waals surface area contributed by atoms with E-state index in [-0.39, 0.29) is 5.82 Å². The van der Waals surface area contributed by atoms with E-state index >= 15 is 0 Å². The molecule has 0 fully saturated rings. The molecule has 96 valence electrons. The van der Waals surface area contributed by atoms with Gasteiger partial charge in [-0.05, 0) is 42.9 Å². The molecular weight excluding hydrogens is 215 g/mol. The molecule has 1 rings (SSSR count). The van der Waals surface area contributed by atoms with Crippen molar-refractivity contribution in [3.05, 3.63) is 29.6 Å². The third kappa shape index (κ3) is 4.03. The van der Waals surface area contributed by atoms with E-state index in [1.54, 1.807) is 12.1 Å². The lowest BCUT2D eigenvalue weighted by Crippen LogP contribution is -2.01. The van der Waals surface area contributed by atoms with E-state index < -0.39 is 0 Å². The van der Waals surface area contributed by atoms with Gasteiger partial charge in [-0.2, -0.15) is 0 Å². The fraction of sp³-hybridized carbons (Fsp3) is 0.600. The van der Waals surface area contributed by atoms with Crippen LogP contribution < -0.4 is 4.74 Å². The number of unbranched alkanes of at least 4 members (excludes halogenated alkanes) is 1. The van der Waals surface area contributed by atoms with Crippen molar-refractivity contribution in [1.29, 1.82) is 0 Å². The Balaban J connectivity index is 2.71. The van der Waals surface area contributed by atoms with Crippen LogP contribution in [0.1, 0.15) is 57.9 Å². The summed E-state index contributed by atoms with van der Waals surface area (Å²) in [4.78, 5) is 0. The van der Waals surface area contributed by atoms with E-state index in [0.29, 0.717) is 18.3 Å². The summed E-state index contributed by atoms with van der Waals surface area (Å²) in [5.41, 5.74) is 1.08. The first-order valence-corrected chi connectivity index (χ1v) is 6.65. The van der Waals surface area contributed by atoms with E-state index in [1.165, 1.54) is 0 Å². The lowest BCUT2D eigenvalue weighted by molar-refractivity contribution is 0.294. The molecule has 0 saturated carbocycles. The van der Waals surface area contributed by atoms with Gasteiger partial charge < -0.3 is 4.74 Å². The summed E-state index contributed by atoms with van der Waals surface area (Å²) in [6.45, 7) is 6.96. The molecule has 0 unspecified atom stereocenters. The molecule has 0 aliphatic carbocycles. The molecule has 17 heavy (non-hydrogen) atoms. The first-order chi connectivity index (χ1) is 8.22. The summed E-state index contributed by atoms with van der Waals surface area (Å²) < 4.78 is 19.2. The van der Waals surface area contributed by atoms with Gasteiger partial charge in [-0.3, -0.25) is 0 Å². The standard InChI is InChI=1S/C15H23FO/c1-4-7-10-17-15-9-8-13(11-14(15)16)12(5-2)6-3/h8-9,11-12H,4-7,10H2,1-3H3. The molecule has 1 aromatic carbocycles. The third-order valence-electron chi connectivity index (χ3n) is 3.17. The molecule has 0 spiro atoms. The Morgan fingerprint density at radius 1 is 1.18 bits per heavy atom.